The minimum absolute atomic E-state index is 0.116. The van der Waals surface area contributed by atoms with Gasteiger partial charge in [0.15, 0.2) is 11.5 Å². The maximum absolute atomic E-state index is 12.8. The van der Waals surface area contributed by atoms with Gasteiger partial charge in [-0.05, 0) is 36.4 Å². The molecule has 1 aliphatic heterocycles. The summed E-state index contributed by atoms with van der Waals surface area (Å²) in [6.07, 6.45) is 0. The van der Waals surface area contributed by atoms with E-state index in [4.69, 9.17) is 9.47 Å². The molecule has 132 valence electrons. The second kappa shape index (κ2) is 6.64. The third kappa shape index (κ3) is 3.53. The maximum atomic E-state index is 12.8. The Bertz CT molecular complexity index is 894. The second-order valence-electron chi connectivity index (χ2n) is 5.51. The van der Waals surface area contributed by atoms with Gasteiger partial charge in [0.1, 0.15) is 13.2 Å². The van der Waals surface area contributed by atoms with Crippen LogP contribution >= 0.6 is 0 Å². The van der Waals surface area contributed by atoms with Crippen molar-refractivity contribution in [2.24, 2.45) is 0 Å². The monoisotopic (exact) mass is 362 g/mol. The third-order valence-corrected chi connectivity index (χ3v) is 5.50. The number of ether oxygens (including phenoxy) is 2. The lowest BCUT2D eigenvalue weighted by Crippen LogP contribution is -2.26. The molecular weight excluding hydrogens is 344 g/mol. The molecule has 1 heterocycles. The van der Waals surface area contributed by atoms with E-state index in [0.717, 1.165) is 0 Å². The Balaban J connectivity index is 1.87. The summed E-state index contributed by atoms with van der Waals surface area (Å²) in [4.78, 5) is 11.2. The number of sulfonamides is 1. The van der Waals surface area contributed by atoms with Gasteiger partial charge in [0.25, 0.3) is 10.0 Å². The molecule has 0 spiro atoms. The first kappa shape index (κ1) is 17.1. The second-order valence-corrected chi connectivity index (χ2v) is 7.48. The van der Waals surface area contributed by atoms with Gasteiger partial charge >= 0.3 is 0 Å². The maximum Gasteiger partial charge on any atom is 0.264 e. The number of anilines is 2. The number of hydrogen-bond acceptors (Lipinski definition) is 5. The van der Waals surface area contributed by atoms with E-state index in [1.165, 1.54) is 30.4 Å². The first-order valence-electron chi connectivity index (χ1n) is 7.64. The fraction of sp³-hybridized carbons (Fsp3) is 0.235. The summed E-state index contributed by atoms with van der Waals surface area (Å²) in [5.41, 5.74) is 1.07. The summed E-state index contributed by atoms with van der Waals surface area (Å²) in [5, 5.41) is 2.64. The van der Waals surface area contributed by atoms with E-state index in [-0.39, 0.29) is 10.8 Å². The normalized spacial score (nSPS) is 13.2. The molecule has 8 heteroatoms. The van der Waals surface area contributed by atoms with Crippen LogP contribution in [-0.4, -0.2) is 34.6 Å². The molecule has 1 aliphatic rings. The topological polar surface area (TPSA) is 84.9 Å². The number of carbonyl (C=O) groups is 1. The zero-order chi connectivity index (χ0) is 18.0. The Morgan fingerprint density at radius 2 is 1.68 bits per heavy atom. The lowest BCUT2D eigenvalue weighted by Gasteiger charge is -2.22. The van der Waals surface area contributed by atoms with Crippen molar-refractivity contribution in [3.05, 3.63) is 42.5 Å². The molecule has 0 aliphatic carbocycles. The smallest absolute Gasteiger partial charge is 0.264 e. The summed E-state index contributed by atoms with van der Waals surface area (Å²) in [6, 6.07) is 11.1. The van der Waals surface area contributed by atoms with Crippen molar-refractivity contribution < 1.29 is 22.7 Å². The Labute approximate surface area is 146 Å². The van der Waals surface area contributed by atoms with Crippen LogP contribution in [0, 0.1) is 0 Å². The van der Waals surface area contributed by atoms with E-state index < -0.39 is 10.0 Å². The van der Waals surface area contributed by atoms with Crippen molar-refractivity contribution >= 4 is 27.3 Å². The van der Waals surface area contributed by atoms with Crippen LogP contribution in [0.1, 0.15) is 6.92 Å². The van der Waals surface area contributed by atoms with Crippen molar-refractivity contribution in [2.45, 2.75) is 11.8 Å². The quantitative estimate of drug-likeness (QED) is 0.902. The summed E-state index contributed by atoms with van der Waals surface area (Å²) in [6.45, 7) is 2.24. The average molecular weight is 362 g/mol. The Kier molecular flexibility index (Phi) is 4.54. The highest BCUT2D eigenvalue weighted by Crippen LogP contribution is 2.33. The van der Waals surface area contributed by atoms with E-state index >= 15 is 0 Å². The SMILES string of the molecule is CC(=O)Nc1ccc(N(C)S(=O)(=O)c2ccc3c(c2)OCCO3)cc1. The molecule has 0 aromatic heterocycles. The van der Waals surface area contributed by atoms with Crippen molar-refractivity contribution in [1.82, 2.24) is 0 Å². The number of rotatable bonds is 4. The number of hydrogen-bond donors (Lipinski definition) is 1. The summed E-state index contributed by atoms with van der Waals surface area (Å²) >= 11 is 0. The molecule has 1 amide bonds. The van der Waals surface area contributed by atoms with E-state index in [1.807, 2.05) is 0 Å². The first-order valence-corrected chi connectivity index (χ1v) is 9.08. The molecule has 2 aromatic rings. The fourth-order valence-corrected chi connectivity index (χ4v) is 3.65. The lowest BCUT2D eigenvalue weighted by molar-refractivity contribution is -0.114. The first-order chi connectivity index (χ1) is 11.9. The highest BCUT2D eigenvalue weighted by molar-refractivity contribution is 7.92. The van der Waals surface area contributed by atoms with Crippen molar-refractivity contribution in [3.63, 3.8) is 0 Å². The molecule has 0 radical (unpaired) electrons. The van der Waals surface area contributed by atoms with Crippen molar-refractivity contribution in [3.8, 4) is 11.5 Å². The van der Waals surface area contributed by atoms with Crippen LogP contribution in [0.2, 0.25) is 0 Å². The van der Waals surface area contributed by atoms with Gasteiger partial charge in [-0.3, -0.25) is 9.10 Å². The molecule has 2 aromatic carbocycles. The number of amides is 1. The van der Waals surface area contributed by atoms with Crippen LogP contribution in [-0.2, 0) is 14.8 Å². The average Bonchev–Trinajstić information content (AvgIpc) is 2.61. The molecule has 0 unspecified atom stereocenters. The molecule has 0 atom stereocenters. The Hall–Kier alpha value is -2.74. The number of benzene rings is 2. The molecule has 7 nitrogen and oxygen atoms in total. The van der Waals surface area contributed by atoms with Crippen LogP contribution in [0.15, 0.2) is 47.4 Å². The number of nitrogens with one attached hydrogen (secondary N) is 1. The zero-order valence-electron chi connectivity index (χ0n) is 13.9. The van der Waals surface area contributed by atoms with E-state index in [1.54, 1.807) is 30.3 Å². The van der Waals surface area contributed by atoms with E-state index in [0.29, 0.717) is 36.1 Å². The van der Waals surface area contributed by atoms with Crippen LogP contribution in [0.3, 0.4) is 0 Å². The van der Waals surface area contributed by atoms with Gasteiger partial charge in [-0.2, -0.15) is 0 Å². The van der Waals surface area contributed by atoms with Crippen LogP contribution in [0.25, 0.3) is 0 Å². The number of carbonyl (C=O) groups excluding carboxylic acids is 1. The van der Waals surface area contributed by atoms with Gasteiger partial charge in [0.2, 0.25) is 5.91 Å². The Morgan fingerprint density at radius 3 is 2.32 bits per heavy atom. The predicted molar refractivity (Wildman–Crippen MR) is 93.8 cm³/mol. The highest BCUT2D eigenvalue weighted by atomic mass is 32.2. The van der Waals surface area contributed by atoms with Gasteiger partial charge in [-0.25, -0.2) is 8.42 Å². The predicted octanol–water partition coefficient (Wildman–Crippen LogP) is 2.24. The molecular formula is C17H18N2O5S. The van der Waals surface area contributed by atoms with Crippen LogP contribution in [0.4, 0.5) is 11.4 Å². The largest absolute Gasteiger partial charge is 0.486 e. The summed E-state index contributed by atoms with van der Waals surface area (Å²) < 4.78 is 37.7. The Morgan fingerprint density at radius 1 is 1.04 bits per heavy atom. The molecule has 0 saturated carbocycles. The van der Waals surface area contributed by atoms with Gasteiger partial charge in [0, 0.05) is 25.7 Å². The minimum atomic E-state index is -3.75. The highest BCUT2D eigenvalue weighted by Gasteiger charge is 2.24. The lowest BCUT2D eigenvalue weighted by atomic mass is 10.3. The van der Waals surface area contributed by atoms with E-state index in [2.05, 4.69) is 5.32 Å². The molecule has 0 bridgehead atoms. The molecule has 3 rings (SSSR count). The molecule has 25 heavy (non-hydrogen) atoms. The fourth-order valence-electron chi connectivity index (χ4n) is 2.44. The zero-order valence-corrected chi connectivity index (χ0v) is 14.7. The molecule has 1 N–H and O–H groups in total. The third-order valence-electron chi connectivity index (χ3n) is 3.72. The van der Waals surface area contributed by atoms with Gasteiger partial charge in [0.05, 0.1) is 10.6 Å². The minimum Gasteiger partial charge on any atom is -0.486 e. The number of nitrogens with zero attached hydrogens (tertiary/aromatic N) is 1. The van der Waals surface area contributed by atoms with Gasteiger partial charge < -0.3 is 14.8 Å². The summed E-state index contributed by atoms with van der Waals surface area (Å²) in [5.74, 6) is 0.763. The van der Waals surface area contributed by atoms with E-state index in [9.17, 15) is 13.2 Å². The van der Waals surface area contributed by atoms with Crippen molar-refractivity contribution in [2.75, 3.05) is 29.9 Å². The van der Waals surface area contributed by atoms with Gasteiger partial charge in [-0.15, -0.1) is 0 Å². The summed E-state index contributed by atoms with van der Waals surface area (Å²) in [7, 11) is -2.28. The van der Waals surface area contributed by atoms with Crippen LogP contribution in [0.5, 0.6) is 11.5 Å². The number of fused-ring (bicyclic) bond motifs is 1. The van der Waals surface area contributed by atoms with Crippen molar-refractivity contribution in [1.29, 1.82) is 0 Å². The standard InChI is InChI=1S/C17H18N2O5S/c1-12(20)18-13-3-5-14(6-4-13)19(2)25(21,22)15-7-8-16-17(11-15)24-10-9-23-16/h3-8,11H,9-10H2,1-2H3,(H,18,20). The van der Waals surface area contributed by atoms with Gasteiger partial charge in [-0.1, -0.05) is 0 Å². The van der Waals surface area contributed by atoms with Crippen LogP contribution < -0.4 is 19.1 Å². The molecule has 0 saturated heterocycles. The molecule has 0 fully saturated rings.